The Bertz CT molecular complexity index is 1060. The summed E-state index contributed by atoms with van der Waals surface area (Å²) in [6.07, 6.45) is 0. The molecule has 0 amide bonds. The van der Waals surface area contributed by atoms with Crippen LogP contribution in [0.5, 0.6) is 11.5 Å². The summed E-state index contributed by atoms with van der Waals surface area (Å²) in [5.41, 5.74) is 9.55. The second kappa shape index (κ2) is 8.10. The molecule has 2 N–H and O–H groups in total. The molecule has 0 aliphatic carbocycles. The molecule has 0 atom stereocenters. The first-order valence-corrected chi connectivity index (χ1v) is 9.60. The number of thiophene rings is 1. The summed E-state index contributed by atoms with van der Waals surface area (Å²) in [6, 6.07) is 15.4. The normalized spacial score (nSPS) is 10.8. The van der Waals surface area contributed by atoms with Gasteiger partial charge in [0, 0.05) is 22.2 Å². The maximum Gasteiger partial charge on any atom is 0.205 e. The molecule has 0 fully saturated rings. The van der Waals surface area contributed by atoms with E-state index in [9.17, 15) is 0 Å². The largest absolute Gasteiger partial charge is 0.497 e. The van der Waals surface area contributed by atoms with Crippen LogP contribution in [0.25, 0.3) is 11.4 Å². The molecule has 4 rings (SSSR count). The van der Waals surface area contributed by atoms with Gasteiger partial charge in [-0.15, -0.1) is 21.5 Å². The van der Waals surface area contributed by atoms with Crippen LogP contribution in [0.4, 0.5) is 5.69 Å². The number of nitrogens with two attached hydrogens (primary N) is 1. The third-order valence-electron chi connectivity index (χ3n) is 4.20. The highest BCUT2D eigenvalue weighted by Gasteiger charge is 2.09. The molecular weight excluding hydrogens is 374 g/mol. The zero-order valence-corrected chi connectivity index (χ0v) is 16.1. The number of hydrogen-bond donors (Lipinski definition) is 1. The summed E-state index contributed by atoms with van der Waals surface area (Å²) < 4.78 is 11.0. The Kier molecular flexibility index (Phi) is 5.20. The van der Waals surface area contributed by atoms with Crippen molar-refractivity contribution in [1.29, 1.82) is 0 Å². The quantitative estimate of drug-likeness (QED) is 0.516. The van der Waals surface area contributed by atoms with Crippen LogP contribution in [-0.4, -0.2) is 27.3 Å². The number of hydrogen-bond acceptors (Lipinski definition) is 7. The summed E-state index contributed by atoms with van der Waals surface area (Å²) >= 11 is 1.56. The summed E-state index contributed by atoms with van der Waals surface area (Å²) in [6.45, 7) is 0.959. The van der Waals surface area contributed by atoms with Crippen molar-refractivity contribution in [2.45, 2.75) is 13.2 Å². The van der Waals surface area contributed by atoms with E-state index < -0.39 is 0 Å². The van der Waals surface area contributed by atoms with Gasteiger partial charge in [0.15, 0.2) is 0 Å². The van der Waals surface area contributed by atoms with Gasteiger partial charge in [-0.1, -0.05) is 24.3 Å². The lowest BCUT2D eigenvalue weighted by Crippen LogP contribution is -2.04. The van der Waals surface area contributed by atoms with Gasteiger partial charge in [0.1, 0.15) is 18.1 Å². The zero-order chi connectivity index (χ0) is 19.3. The zero-order valence-electron chi connectivity index (χ0n) is 15.3. The summed E-state index contributed by atoms with van der Waals surface area (Å²) in [5.74, 6) is 2.10. The van der Waals surface area contributed by atoms with E-state index in [1.165, 1.54) is 0 Å². The summed E-state index contributed by atoms with van der Waals surface area (Å²) in [5, 5.41) is 16.7. The van der Waals surface area contributed by atoms with Crippen LogP contribution in [0.3, 0.4) is 0 Å². The molecule has 0 saturated heterocycles. The van der Waals surface area contributed by atoms with Gasteiger partial charge in [-0.05, 0) is 40.4 Å². The molecule has 4 aromatic rings. The van der Waals surface area contributed by atoms with E-state index >= 15 is 0 Å². The van der Waals surface area contributed by atoms with Crippen LogP contribution in [0, 0.1) is 0 Å². The number of nitrogen functional groups attached to an aromatic ring is 1. The highest BCUT2D eigenvalue weighted by molar-refractivity contribution is 7.08. The molecule has 2 heterocycles. The first-order valence-electron chi connectivity index (χ1n) is 8.66. The number of nitrogens with zero attached hydrogens (tertiary/aromatic N) is 4. The van der Waals surface area contributed by atoms with Crippen LogP contribution in [-0.2, 0) is 13.2 Å². The standard InChI is InChI=1S/C20H19N5O2S/c1-26-17-7-5-14(6-8-17)10-25-23-20(22-24-25)15-3-2-4-18(9-15)27-11-16-12-28-13-19(16)21/h2-9,12-13H,10-11,21H2,1H3. The molecule has 0 spiro atoms. The van der Waals surface area contributed by atoms with Crippen molar-refractivity contribution in [2.75, 3.05) is 12.8 Å². The highest BCUT2D eigenvalue weighted by Crippen LogP contribution is 2.23. The van der Waals surface area contributed by atoms with E-state index in [0.29, 0.717) is 19.0 Å². The SMILES string of the molecule is COc1ccc(Cn2nnc(-c3cccc(OCc4cscc4N)c3)n2)cc1. The van der Waals surface area contributed by atoms with Gasteiger partial charge in [0.2, 0.25) is 5.82 Å². The second-order valence-electron chi connectivity index (χ2n) is 6.16. The number of tetrazole rings is 1. The molecule has 0 bridgehead atoms. The molecule has 8 heteroatoms. The molecule has 0 aliphatic rings. The number of benzene rings is 2. The Morgan fingerprint density at radius 1 is 1.07 bits per heavy atom. The van der Waals surface area contributed by atoms with Crippen molar-refractivity contribution in [2.24, 2.45) is 0 Å². The number of anilines is 1. The number of methoxy groups -OCH3 is 1. The maximum absolute atomic E-state index is 5.90. The van der Waals surface area contributed by atoms with Crippen LogP contribution >= 0.6 is 11.3 Å². The van der Waals surface area contributed by atoms with Crippen LogP contribution in [0.15, 0.2) is 59.3 Å². The summed E-state index contributed by atoms with van der Waals surface area (Å²) in [7, 11) is 1.65. The predicted octanol–water partition coefficient (Wildman–Crippen LogP) is 3.62. The minimum absolute atomic E-state index is 0.427. The first-order chi connectivity index (χ1) is 13.7. The van der Waals surface area contributed by atoms with E-state index in [-0.39, 0.29) is 0 Å². The number of ether oxygens (including phenoxy) is 2. The number of aromatic nitrogens is 4. The van der Waals surface area contributed by atoms with E-state index in [0.717, 1.165) is 33.9 Å². The second-order valence-corrected chi connectivity index (χ2v) is 6.90. The minimum atomic E-state index is 0.427. The van der Waals surface area contributed by atoms with Crippen molar-refractivity contribution in [3.05, 3.63) is 70.4 Å². The van der Waals surface area contributed by atoms with Gasteiger partial charge in [-0.25, -0.2) is 0 Å². The first kappa shape index (κ1) is 18.0. The van der Waals surface area contributed by atoms with Gasteiger partial charge >= 0.3 is 0 Å². The molecule has 2 aromatic carbocycles. The van der Waals surface area contributed by atoms with Gasteiger partial charge < -0.3 is 15.2 Å². The molecule has 7 nitrogen and oxygen atoms in total. The minimum Gasteiger partial charge on any atom is -0.497 e. The number of rotatable bonds is 7. The molecule has 0 radical (unpaired) electrons. The lowest BCUT2D eigenvalue weighted by Gasteiger charge is -2.06. The Morgan fingerprint density at radius 3 is 2.68 bits per heavy atom. The fourth-order valence-electron chi connectivity index (χ4n) is 2.66. The van der Waals surface area contributed by atoms with Crippen LogP contribution in [0.2, 0.25) is 0 Å². The van der Waals surface area contributed by atoms with Crippen molar-refractivity contribution in [1.82, 2.24) is 20.2 Å². The van der Waals surface area contributed by atoms with E-state index in [1.54, 1.807) is 23.2 Å². The molecular formula is C20H19N5O2S. The Labute approximate surface area is 166 Å². The average Bonchev–Trinajstić information content (AvgIpc) is 3.36. The third kappa shape index (κ3) is 4.12. The van der Waals surface area contributed by atoms with Crippen molar-refractivity contribution in [3.63, 3.8) is 0 Å². The van der Waals surface area contributed by atoms with Crippen molar-refractivity contribution >= 4 is 17.0 Å². The fraction of sp³-hybridized carbons (Fsp3) is 0.150. The summed E-state index contributed by atoms with van der Waals surface area (Å²) in [4.78, 5) is 1.57. The van der Waals surface area contributed by atoms with E-state index in [4.69, 9.17) is 15.2 Å². The van der Waals surface area contributed by atoms with Crippen LogP contribution in [0.1, 0.15) is 11.1 Å². The Balaban J connectivity index is 1.45. The molecule has 2 aromatic heterocycles. The lowest BCUT2D eigenvalue weighted by molar-refractivity contribution is 0.307. The van der Waals surface area contributed by atoms with Crippen molar-refractivity contribution in [3.8, 4) is 22.9 Å². The average molecular weight is 393 g/mol. The lowest BCUT2D eigenvalue weighted by atomic mass is 10.2. The third-order valence-corrected chi connectivity index (χ3v) is 5.01. The molecule has 0 saturated carbocycles. The van der Waals surface area contributed by atoms with Gasteiger partial charge in [-0.2, -0.15) is 4.80 Å². The Hall–Kier alpha value is -3.39. The van der Waals surface area contributed by atoms with E-state index in [1.807, 2.05) is 59.3 Å². The molecule has 0 unspecified atom stereocenters. The maximum atomic E-state index is 5.90. The smallest absolute Gasteiger partial charge is 0.205 e. The highest BCUT2D eigenvalue weighted by atomic mass is 32.1. The monoisotopic (exact) mass is 393 g/mol. The van der Waals surface area contributed by atoms with E-state index in [2.05, 4.69) is 15.4 Å². The molecule has 28 heavy (non-hydrogen) atoms. The van der Waals surface area contributed by atoms with Crippen molar-refractivity contribution < 1.29 is 9.47 Å². The Morgan fingerprint density at radius 2 is 1.93 bits per heavy atom. The van der Waals surface area contributed by atoms with Gasteiger partial charge in [-0.3, -0.25) is 0 Å². The predicted molar refractivity (Wildman–Crippen MR) is 108 cm³/mol. The topological polar surface area (TPSA) is 88.1 Å². The van der Waals surface area contributed by atoms with Crippen LogP contribution < -0.4 is 15.2 Å². The fourth-order valence-corrected chi connectivity index (χ4v) is 3.39. The van der Waals surface area contributed by atoms with Gasteiger partial charge in [0.25, 0.3) is 0 Å². The van der Waals surface area contributed by atoms with Gasteiger partial charge in [0.05, 0.1) is 13.7 Å². The molecule has 142 valence electrons. The molecule has 0 aliphatic heterocycles.